The molecule has 1 aliphatic rings. The van der Waals surface area contributed by atoms with Crippen LogP contribution >= 0.6 is 11.3 Å². The van der Waals surface area contributed by atoms with E-state index in [1.807, 2.05) is 35.7 Å². The molecule has 0 radical (unpaired) electrons. The van der Waals surface area contributed by atoms with Gasteiger partial charge in [-0.15, -0.1) is 11.3 Å². The molecule has 7 heteroatoms. The molecule has 0 spiro atoms. The molecule has 1 aliphatic heterocycles. The summed E-state index contributed by atoms with van der Waals surface area (Å²) in [6, 6.07) is 16.4. The number of aromatic nitrogens is 1. The van der Waals surface area contributed by atoms with Crippen LogP contribution in [0.1, 0.15) is 10.6 Å². The first-order valence-electron chi connectivity index (χ1n) is 8.25. The number of thiazole rings is 1. The second-order valence-electron chi connectivity index (χ2n) is 5.97. The Morgan fingerprint density at radius 2 is 1.93 bits per heavy atom. The summed E-state index contributed by atoms with van der Waals surface area (Å²) >= 11 is 1.39. The highest BCUT2D eigenvalue weighted by Gasteiger charge is 2.30. The summed E-state index contributed by atoms with van der Waals surface area (Å²) in [7, 11) is 0. The quantitative estimate of drug-likeness (QED) is 0.597. The second kappa shape index (κ2) is 7.05. The monoisotopic (exact) mass is 376 g/mol. The molecule has 0 unspecified atom stereocenters. The number of aliphatic hydroxyl groups excluding tert-OH is 1. The van der Waals surface area contributed by atoms with Crippen LogP contribution in [0, 0.1) is 5.41 Å². The third-order valence-electron chi connectivity index (χ3n) is 4.09. The number of amidine groups is 1. The smallest absolute Gasteiger partial charge is 0.155 e. The normalized spacial score (nSPS) is 14.5. The van der Waals surface area contributed by atoms with E-state index in [2.05, 4.69) is 10.1 Å². The number of hydrazone groups is 1. The molecule has 2 heterocycles. The zero-order valence-corrected chi connectivity index (χ0v) is 15.0. The molecule has 0 amide bonds. The molecule has 0 saturated heterocycles. The number of phenols is 1. The lowest BCUT2D eigenvalue weighted by molar-refractivity contribution is 0.358. The zero-order chi connectivity index (χ0) is 18.8. The summed E-state index contributed by atoms with van der Waals surface area (Å²) in [6.07, 6.45) is 1.54. The predicted octanol–water partition coefficient (Wildman–Crippen LogP) is 4.11. The Morgan fingerprint density at radius 1 is 1.11 bits per heavy atom. The first-order valence-corrected chi connectivity index (χ1v) is 9.12. The maximum Gasteiger partial charge on any atom is 0.155 e. The highest BCUT2D eigenvalue weighted by molar-refractivity contribution is 7.11. The molecule has 1 aromatic heterocycles. The van der Waals surface area contributed by atoms with E-state index in [-0.39, 0.29) is 23.9 Å². The van der Waals surface area contributed by atoms with Gasteiger partial charge in [-0.2, -0.15) is 5.10 Å². The fourth-order valence-electron chi connectivity index (χ4n) is 2.76. The van der Waals surface area contributed by atoms with Crippen LogP contribution < -0.4 is 0 Å². The summed E-state index contributed by atoms with van der Waals surface area (Å²) in [5, 5.41) is 36.4. The lowest BCUT2D eigenvalue weighted by Gasteiger charge is -2.11. The van der Waals surface area contributed by atoms with Gasteiger partial charge >= 0.3 is 0 Å². The minimum absolute atomic E-state index is 0.0713. The number of hydrogen-bond acceptors (Lipinski definition) is 6. The number of benzene rings is 2. The van der Waals surface area contributed by atoms with Gasteiger partial charge in [0.15, 0.2) is 5.84 Å². The summed E-state index contributed by atoms with van der Waals surface area (Å²) in [6.45, 7) is 0.115. The molecule has 3 N–H and O–H groups in total. The van der Waals surface area contributed by atoms with Gasteiger partial charge < -0.3 is 10.2 Å². The summed E-state index contributed by atoms with van der Waals surface area (Å²) in [5.41, 5.74) is 2.90. The van der Waals surface area contributed by atoms with Crippen LogP contribution in [0.2, 0.25) is 0 Å². The Morgan fingerprint density at radius 3 is 2.70 bits per heavy atom. The van der Waals surface area contributed by atoms with Crippen molar-refractivity contribution in [1.82, 2.24) is 9.99 Å². The average molecular weight is 376 g/mol. The van der Waals surface area contributed by atoms with Gasteiger partial charge in [0.25, 0.3) is 0 Å². The summed E-state index contributed by atoms with van der Waals surface area (Å²) < 4.78 is 0. The SMILES string of the molecule is N=C1C(c2nc(-c3ccccc3)cs2)=C(O)CN1/N=C\c1cccc(O)c1. The first-order chi connectivity index (χ1) is 13.1. The highest BCUT2D eigenvalue weighted by Crippen LogP contribution is 2.32. The van der Waals surface area contributed by atoms with Crippen LogP contribution in [-0.2, 0) is 0 Å². The van der Waals surface area contributed by atoms with E-state index in [1.54, 1.807) is 30.5 Å². The Labute approximate surface area is 159 Å². The van der Waals surface area contributed by atoms with E-state index < -0.39 is 0 Å². The lowest BCUT2D eigenvalue weighted by Crippen LogP contribution is -2.20. The number of aromatic hydroxyl groups is 1. The number of nitrogens with zero attached hydrogens (tertiary/aromatic N) is 3. The molecular formula is C20H16N4O2S. The molecule has 4 rings (SSSR count). The summed E-state index contributed by atoms with van der Waals surface area (Å²) in [4.78, 5) is 4.58. The van der Waals surface area contributed by atoms with E-state index >= 15 is 0 Å². The fraction of sp³-hybridized carbons (Fsp3) is 0.0500. The van der Waals surface area contributed by atoms with Gasteiger partial charge in [-0.25, -0.2) is 9.99 Å². The third-order valence-corrected chi connectivity index (χ3v) is 4.95. The molecule has 0 aliphatic carbocycles. The van der Waals surface area contributed by atoms with Gasteiger partial charge in [-0.1, -0.05) is 42.5 Å². The number of aliphatic hydroxyl groups is 1. The van der Waals surface area contributed by atoms with E-state index in [0.29, 0.717) is 16.1 Å². The topological polar surface area (TPSA) is 92.8 Å². The Kier molecular flexibility index (Phi) is 4.43. The van der Waals surface area contributed by atoms with E-state index in [1.165, 1.54) is 16.3 Å². The molecule has 3 aromatic rings. The van der Waals surface area contributed by atoms with Crippen molar-refractivity contribution in [3.8, 4) is 17.0 Å². The van der Waals surface area contributed by atoms with E-state index in [4.69, 9.17) is 5.41 Å². The minimum atomic E-state index is 0.0713. The van der Waals surface area contributed by atoms with Crippen LogP contribution in [0.25, 0.3) is 16.8 Å². The van der Waals surface area contributed by atoms with Crippen LogP contribution in [0.15, 0.2) is 70.8 Å². The van der Waals surface area contributed by atoms with Gasteiger partial charge in [0, 0.05) is 10.9 Å². The second-order valence-corrected chi connectivity index (χ2v) is 6.83. The maximum absolute atomic E-state index is 10.4. The van der Waals surface area contributed by atoms with Crippen molar-refractivity contribution in [2.45, 2.75) is 0 Å². The van der Waals surface area contributed by atoms with Crippen molar-refractivity contribution >= 4 is 29.0 Å². The largest absolute Gasteiger partial charge is 0.509 e. The van der Waals surface area contributed by atoms with Crippen LogP contribution in [0.3, 0.4) is 0 Å². The summed E-state index contributed by atoms with van der Waals surface area (Å²) in [5.74, 6) is 0.313. The molecular weight excluding hydrogens is 360 g/mol. The number of phenolic OH excluding ortho intramolecular Hbond substituents is 1. The van der Waals surface area contributed by atoms with E-state index in [0.717, 1.165) is 11.3 Å². The first kappa shape index (κ1) is 17.0. The molecule has 0 fully saturated rings. The fourth-order valence-corrected chi connectivity index (χ4v) is 3.66. The molecule has 0 saturated carbocycles. The number of rotatable bonds is 4. The predicted molar refractivity (Wildman–Crippen MR) is 107 cm³/mol. The molecule has 0 bridgehead atoms. The molecule has 0 atom stereocenters. The van der Waals surface area contributed by atoms with Crippen molar-refractivity contribution in [2.24, 2.45) is 5.10 Å². The molecule has 134 valence electrons. The zero-order valence-electron chi connectivity index (χ0n) is 14.2. The highest BCUT2D eigenvalue weighted by atomic mass is 32.1. The van der Waals surface area contributed by atoms with Crippen molar-refractivity contribution in [3.05, 3.63) is 76.3 Å². The Hall–Kier alpha value is -3.45. The lowest BCUT2D eigenvalue weighted by atomic mass is 10.2. The van der Waals surface area contributed by atoms with Crippen molar-refractivity contribution in [2.75, 3.05) is 6.54 Å². The number of nitrogens with one attached hydrogen (secondary N) is 1. The van der Waals surface area contributed by atoms with Gasteiger partial charge in [0.1, 0.15) is 23.1 Å². The third kappa shape index (κ3) is 3.45. The van der Waals surface area contributed by atoms with Crippen molar-refractivity contribution < 1.29 is 10.2 Å². The van der Waals surface area contributed by atoms with Gasteiger partial charge in [0.05, 0.1) is 17.5 Å². The standard InChI is InChI=1S/C20H16N4O2S/c21-19-18(20-23-16(12-27-20)14-6-2-1-3-7-14)17(26)11-24(19)22-10-13-5-4-8-15(25)9-13/h1-10,12,21,25-26H,11H2/b21-19?,22-10-. The minimum Gasteiger partial charge on any atom is -0.509 e. The maximum atomic E-state index is 10.4. The van der Waals surface area contributed by atoms with Crippen LogP contribution in [0.4, 0.5) is 0 Å². The van der Waals surface area contributed by atoms with Crippen molar-refractivity contribution in [3.63, 3.8) is 0 Å². The van der Waals surface area contributed by atoms with Crippen LogP contribution in [0.5, 0.6) is 5.75 Å². The van der Waals surface area contributed by atoms with Crippen molar-refractivity contribution in [1.29, 1.82) is 5.41 Å². The van der Waals surface area contributed by atoms with E-state index in [9.17, 15) is 10.2 Å². The Bertz CT molecular complexity index is 1060. The average Bonchev–Trinajstić information content (AvgIpc) is 3.25. The van der Waals surface area contributed by atoms with Crippen LogP contribution in [-0.4, -0.2) is 38.8 Å². The Balaban J connectivity index is 1.55. The molecule has 27 heavy (non-hydrogen) atoms. The van der Waals surface area contributed by atoms with Gasteiger partial charge in [0.2, 0.25) is 0 Å². The number of hydrogen-bond donors (Lipinski definition) is 3. The molecule has 2 aromatic carbocycles. The van der Waals surface area contributed by atoms with Gasteiger partial charge in [-0.05, 0) is 17.7 Å². The molecule has 6 nitrogen and oxygen atoms in total. The van der Waals surface area contributed by atoms with Gasteiger partial charge in [-0.3, -0.25) is 5.41 Å².